The van der Waals surface area contributed by atoms with Gasteiger partial charge in [-0.3, -0.25) is 4.79 Å². The first-order chi connectivity index (χ1) is 7.36. The summed E-state index contributed by atoms with van der Waals surface area (Å²) in [4.78, 5) is 11.2. The Balaban J connectivity index is 3.04. The zero-order chi connectivity index (χ0) is 12.3. The van der Waals surface area contributed by atoms with Gasteiger partial charge < -0.3 is 4.74 Å². The molecule has 3 heteroatoms. The molecule has 0 fully saturated rings. The van der Waals surface area contributed by atoms with Gasteiger partial charge in [0, 0.05) is 6.42 Å². The third kappa shape index (κ3) is 2.99. The van der Waals surface area contributed by atoms with Crippen LogP contribution in [0.1, 0.15) is 32.8 Å². The lowest BCUT2D eigenvalue weighted by atomic mass is 9.80. The molecule has 0 aromatic heterocycles. The van der Waals surface area contributed by atoms with Crippen molar-refractivity contribution < 1.29 is 9.53 Å². The van der Waals surface area contributed by atoms with Gasteiger partial charge in [0.2, 0.25) is 0 Å². The molecule has 0 saturated carbocycles. The fourth-order valence-corrected chi connectivity index (χ4v) is 2.07. The first kappa shape index (κ1) is 13.0. The van der Waals surface area contributed by atoms with Crippen LogP contribution in [0.4, 0.5) is 0 Å². The van der Waals surface area contributed by atoms with E-state index in [1.54, 1.807) is 14.0 Å². The summed E-state index contributed by atoms with van der Waals surface area (Å²) >= 11 is 6.06. The van der Waals surface area contributed by atoms with Crippen molar-refractivity contribution in [3.8, 4) is 5.75 Å². The van der Waals surface area contributed by atoms with Crippen LogP contribution in [0.15, 0.2) is 18.2 Å². The Labute approximate surface area is 102 Å². The predicted octanol–water partition coefficient (Wildman–Crippen LogP) is 3.61. The highest BCUT2D eigenvalue weighted by molar-refractivity contribution is 6.32. The van der Waals surface area contributed by atoms with Crippen molar-refractivity contribution in [1.82, 2.24) is 0 Å². The Morgan fingerprint density at radius 1 is 1.44 bits per heavy atom. The Bertz CT molecular complexity index is 397. The summed E-state index contributed by atoms with van der Waals surface area (Å²) in [7, 11) is 1.58. The van der Waals surface area contributed by atoms with Gasteiger partial charge in [-0.1, -0.05) is 31.5 Å². The fourth-order valence-electron chi connectivity index (χ4n) is 1.81. The smallest absolute Gasteiger partial charge is 0.137 e. The van der Waals surface area contributed by atoms with Crippen LogP contribution in [0.25, 0.3) is 0 Å². The van der Waals surface area contributed by atoms with Crippen molar-refractivity contribution in [3.05, 3.63) is 28.8 Å². The third-order valence-corrected chi connectivity index (χ3v) is 2.92. The molecule has 0 spiro atoms. The largest absolute Gasteiger partial charge is 0.495 e. The van der Waals surface area contributed by atoms with E-state index in [2.05, 4.69) is 0 Å². The standard InChI is InChI=1S/C13H17ClO2/c1-9(15)8-13(2,3)10-5-6-12(16-4)11(14)7-10/h5-7H,8H2,1-4H3. The number of rotatable bonds is 4. The first-order valence-corrected chi connectivity index (χ1v) is 5.58. The minimum Gasteiger partial charge on any atom is -0.495 e. The summed E-state index contributed by atoms with van der Waals surface area (Å²) in [6.45, 7) is 5.67. The van der Waals surface area contributed by atoms with Gasteiger partial charge in [0.1, 0.15) is 11.5 Å². The Morgan fingerprint density at radius 2 is 2.06 bits per heavy atom. The Morgan fingerprint density at radius 3 is 2.50 bits per heavy atom. The minimum absolute atomic E-state index is 0.178. The molecule has 1 aromatic carbocycles. The molecule has 0 atom stereocenters. The van der Waals surface area contributed by atoms with Gasteiger partial charge in [-0.2, -0.15) is 0 Å². The molecule has 1 rings (SSSR count). The summed E-state index contributed by atoms with van der Waals surface area (Å²) in [5.74, 6) is 0.834. The fraction of sp³-hybridized carbons (Fsp3) is 0.462. The maximum absolute atomic E-state index is 11.2. The molecule has 0 unspecified atom stereocenters. The van der Waals surface area contributed by atoms with E-state index < -0.39 is 0 Å². The molecule has 0 heterocycles. The van der Waals surface area contributed by atoms with Crippen molar-refractivity contribution in [2.45, 2.75) is 32.6 Å². The normalized spacial score (nSPS) is 11.3. The second-order valence-electron chi connectivity index (χ2n) is 4.61. The average molecular weight is 241 g/mol. The highest BCUT2D eigenvalue weighted by Crippen LogP contribution is 2.33. The number of carbonyl (C=O) groups excluding carboxylic acids is 1. The lowest BCUT2D eigenvalue weighted by Crippen LogP contribution is -2.20. The van der Waals surface area contributed by atoms with E-state index in [0.29, 0.717) is 17.2 Å². The molecule has 2 nitrogen and oxygen atoms in total. The molecule has 0 bridgehead atoms. The van der Waals surface area contributed by atoms with E-state index in [-0.39, 0.29) is 11.2 Å². The number of ketones is 1. The van der Waals surface area contributed by atoms with Gasteiger partial charge >= 0.3 is 0 Å². The van der Waals surface area contributed by atoms with Crippen LogP contribution >= 0.6 is 11.6 Å². The molecule has 1 aromatic rings. The van der Waals surface area contributed by atoms with E-state index in [1.165, 1.54) is 0 Å². The monoisotopic (exact) mass is 240 g/mol. The number of hydrogen-bond donors (Lipinski definition) is 0. The zero-order valence-electron chi connectivity index (χ0n) is 10.1. The van der Waals surface area contributed by atoms with Crippen LogP contribution in [0.5, 0.6) is 5.75 Å². The van der Waals surface area contributed by atoms with Crippen LogP contribution in [0.2, 0.25) is 5.02 Å². The van der Waals surface area contributed by atoms with Crippen LogP contribution in [-0.4, -0.2) is 12.9 Å². The highest BCUT2D eigenvalue weighted by atomic mass is 35.5. The second kappa shape index (κ2) is 4.88. The quantitative estimate of drug-likeness (QED) is 0.804. The lowest BCUT2D eigenvalue weighted by molar-refractivity contribution is -0.118. The number of halogens is 1. The molecule has 88 valence electrons. The molecule has 0 amide bonds. The summed E-state index contributed by atoms with van der Waals surface area (Å²) < 4.78 is 5.09. The average Bonchev–Trinajstić information content (AvgIpc) is 2.15. The Kier molecular flexibility index (Phi) is 3.98. The van der Waals surface area contributed by atoms with Crippen LogP contribution in [-0.2, 0) is 10.2 Å². The van der Waals surface area contributed by atoms with Crippen LogP contribution in [0.3, 0.4) is 0 Å². The van der Waals surface area contributed by atoms with Crippen molar-refractivity contribution in [2.24, 2.45) is 0 Å². The van der Waals surface area contributed by atoms with Gasteiger partial charge in [0.25, 0.3) is 0 Å². The predicted molar refractivity (Wildman–Crippen MR) is 66.3 cm³/mol. The summed E-state index contributed by atoms with van der Waals surface area (Å²) in [6, 6.07) is 5.65. The van der Waals surface area contributed by atoms with E-state index in [1.807, 2.05) is 32.0 Å². The van der Waals surface area contributed by atoms with E-state index >= 15 is 0 Å². The Hall–Kier alpha value is -1.02. The van der Waals surface area contributed by atoms with Gasteiger partial charge in [-0.15, -0.1) is 0 Å². The molecule has 16 heavy (non-hydrogen) atoms. The highest BCUT2D eigenvalue weighted by Gasteiger charge is 2.23. The molecule has 0 aliphatic carbocycles. The summed E-state index contributed by atoms with van der Waals surface area (Å²) in [5.41, 5.74) is 0.857. The van der Waals surface area contributed by atoms with E-state index in [9.17, 15) is 4.79 Å². The van der Waals surface area contributed by atoms with Crippen molar-refractivity contribution in [1.29, 1.82) is 0 Å². The van der Waals surface area contributed by atoms with Gasteiger partial charge in [0.15, 0.2) is 0 Å². The third-order valence-electron chi connectivity index (χ3n) is 2.62. The molecule has 0 aliphatic rings. The van der Waals surface area contributed by atoms with E-state index in [0.717, 1.165) is 5.56 Å². The number of carbonyl (C=O) groups is 1. The number of ether oxygens (including phenoxy) is 1. The summed E-state index contributed by atoms with van der Waals surface area (Å²) in [6.07, 6.45) is 0.510. The minimum atomic E-state index is -0.193. The summed E-state index contributed by atoms with van der Waals surface area (Å²) in [5, 5.41) is 0.580. The number of Topliss-reactive ketones (excluding diaryl/α,β-unsaturated/α-hetero) is 1. The lowest BCUT2D eigenvalue weighted by Gasteiger charge is -2.24. The molecule has 0 radical (unpaired) electrons. The van der Waals surface area contributed by atoms with Crippen molar-refractivity contribution >= 4 is 17.4 Å². The zero-order valence-corrected chi connectivity index (χ0v) is 10.9. The SMILES string of the molecule is COc1ccc(C(C)(C)CC(C)=O)cc1Cl. The first-order valence-electron chi connectivity index (χ1n) is 5.20. The topological polar surface area (TPSA) is 26.3 Å². The van der Waals surface area contributed by atoms with Gasteiger partial charge in [-0.25, -0.2) is 0 Å². The second-order valence-corrected chi connectivity index (χ2v) is 5.02. The van der Waals surface area contributed by atoms with Crippen LogP contribution in [0, 0.1) is 0 Å². The maximum Gasteiger partial charge on any atom is 0.137 e. The number of hydrogen-bond acceptors (Lipinski definition) is 2. The van der Waals surface area contributed by atoms with Gasteiger partial charge in [-0.05, 0) is 30.0 Å². The van der Waals surface area contributed by atoms with Crippen molar-refractivity contribution in [3.63, 3.8) is 0 Å². The molecule has 0 N–H and O–H groups in total. The maximum atomic E-state index is 11.2. The molecular weight excluding hydrogens is 224 g/mol. The van der Waals surface area contributed by atoms with Crippen LogP contribution < -0.4 is 4.74 Å². The molecular formula is C13H17ClO2. The molecule has 0 saturated heterocycles. The number of methoxy groups -OCH3 is 1. The molecule has 0 aliphatic heterocycles. The van der Waals surface area contributed by atoms with E-state index in [4.69, 9.17) is 16.3 Å². The number of benzene rings is 1. The van der Waals surface area contributed by atoms with Gasteiger partial charge in [0.05, 0.1) is 12.1 Å². The van der Waals surface area contributed by atoms with Crippen molar-refractivity contribution in [2.75, 3.05) is 7.11 Å².